The smallest absolute Gasteiger partial charge is 0.0624 e. The minimum absolute atomic E-state index is 0.0171. The second-order valence-electron chi connectivity index (χ2n) is 5.50. The zero-order valence-corrected chi connectivity index (χ0v) is 11.2. The van der Waals surface area contributed by atoms with Gasteiger partial charge in [-0.2, -0.15) is 11.8 Å². The van der Waals surface area contributed by atoms with Crippen LogP contribution < -0.4 is 5.32 Å². The molecule has 16 heavy (non-hydrogen) atoms. The molecule has 0 aromatic heterocycles. The summed E-state index contributed by atoms with van der Waals surface area (Å²) in [5.41, 5.74) is 0.0171. The summed E-state index contributed by atoms with van der Waals surface area (Å²) in [6.45, 7) is 0.297. The maximum absolute atomic E-state index is 9.60. The normalized spacial score (nSPS) is 25.9. The second-order valence-corrected chi connectivity index (χ2v) is 6.53. The zero-order chi connectivity index (χ0) is 11.4. The number of hydrogen-bond acceptors (Lipinski definition) is 3. The van der Waals surface area contributed by atoms with Gasteiger partial charge in [-0.1, -0.05) is 12.8 Å². The van der Waals surface area contributed by atoms with Crippen molar-refractivity contribution in [2.24, 2.45) is 11.8 Å². The maximum Gasteiger partial charge on any atom is 0.0624 e. The molecule has 0 amide bonds. The number of aliphatic hydroxyl groups excluding tert-OH is 1. The fourth-order valence-electron chi connectivity index (χ4n) is 2.87. The second kappa shape index (κ2) is 5.74. The third-order valence-corrected chi connectivity index (χ3v) is 5.75. The fourth-order valence-corrected chi connectivity index (χ4v) is 4.49. The molecule has 0 spiro atoms. The van der Waals surface area contributed by atoms with Gasteiger partial charge < -0.3 is 10.4 Å². The van der Waals surface area contributed by atoms with Gasteiger partial charge in [-0.15, -0.1) is 0 Å². The van der Waals surface area contributed by atoms with Gasteiger partial charge >= 0.3 is 0 Å². The molecule has 2 nitrogen and oxygen atoms in total. The van der Waals surface area contributed by atoms with Gasteiger partial charge in [0.05, 0.1) is 12.1 Å². The number of likely N-dealkylation sites (N-methyl/N-ethyl adjacent to an activating group) is 1. The van der Waals surface area contributed by atoms with E-state index < -0.39 is 0 Å². The molecule has 1 unspecified atom stereocenters. The van der Waals surface area contributed by atoms with Gasteiger partial charge in [0, 0.05) is 5.75 Å². The predicted octanol–water partition coefficient (Wildman–Crippen LogP) is 2.27. The molecule has 3 heteroatoms. The van der Waals surface area contributed by atoms with Crippen LogP contribution in [0.4, 0.5) is 0 Å². The summed E-state index contributed by atoms with van der Waals surface area (Å²) in [6, 6.07) is 0. The van der Waals surface area contributed by atoms with Crippen LogP contribution in [0, 0.1) is 11.8 Å². The molecule has 2 rings (SSSR count). The van der Waals surface area contributed by atoms with Crippen molar-refractivity contribution in [1.82, 2.24) is 5.32 Å². The van der Waals surface area contributed by atoms with Crippen LogP contribution >= 0.6 is 11.8 Å². The predicted molar refractivity (Wildman–Crippen MR) is 70.9 cm³/mol. The van der Waals surface area contributed by atoms with Crippen LogP contribution in [0.1, 0.15) is 38.5 Å². The molecular formula is C13H25NOS. The summed E-state index contributed by atoms with van der Waals surface area (Å²) in [7, 11) is 2.00. The maximum atomic E-state index is 9.60. The third-order valence-electron chi connectivity index (χ3n) is 4.33. The van der Waals surface area contributed by atoms with Crippen LogP contribution in [0.5, 0.6) is 0 Å². The van der Waals surface area contributed by atoms with E-state index in [1.165, 1.54) is 44.3 Å². The largest absolute Gasteiger partial charge is 0.394 e. The molecule has 2 aliphatic carbocycles. The lowest BCUT2D eigenvalue weighted by atomic mass is 9.97. The van der Waals surface area contributed by atoms with E-state index in [2.05, 4.69) is 17.1 Å². The lowest BCUT2D eigenvalue weighted by Gasteiger charge is -2.32. The number of thioether (sulfide) groups is 1. The molecule has 0 aromatic carbocycles. The Morgan fingerprint density at radius 2 is 1.94 bits per heavy atom. The molecule has 0 bridgehead atoms. The van der Waals surface area contributed by atoms with Gasteiger partial charge in [0.25, 0.3) is 0 Å². The summed E-state index contributed by atoms with van der Waals surface area (Å²) in [4.78, 5) is 0. The van der Waals surface area contributed by atoms with Gasteiger partial charge in [0.1, 0.15) is 0 Å². The first-order chi connectivity index (χ1) is 7.80. The average molecular weight is 243 g/mol. The van der Waals surface area contributed by atoms with E-state index >= 15 is 0 Å². The van der Waals surface area contributed by atoms with Gasteiger partial charge in [0.15, 0.2) is 0 Å². The Morgan fingerprint density at radius 1 is 1.25 bits per heavy atom. The van der Waals surface area contributed by atoms with Crippen LogP contribution in [0.3, 0.4) is 0 Å². The molecule has 0 saturated heterocycles. The van der Waals surface area contributed by atoms with E-state index in [0.717, 1.165) is 17.6 Å². The van der Waals surface area contributed by atoms with E-state index in [4.69, 9.17) is 0 Å². The minimum atomic E-state index is 0.0171. The Balaban J connectivity index is 1.72. The summed E-state index contributed by atoms with van der Waals surface area (Å²) in [5.74, 6) is 4.06. The zero-order valence-electron chi connectivity index (χ0n) is 10.4. The first-order valence-corrected chi connectivity index (χ1v) is 7.84. The summed E-state index contributed by atoms with van der Waals surface area (Å²) < 4.78 is 0. The first-order valence-electron chi connectivity index (χ1n) is 6.68. The lowest BCUT2D eigenvalue weighted by molar-refractivity contribution is 0.167. The van der Waals surface area contributed by atoms with E-state index in [0.29, 0.717) is 6.61 Å². The highest BCUT2D eigenvalue weighted by Crippen LogP contribution is 2.41. The molecule has 2 N–H and O–H groups in total. The van der Waals surface area contributed by atoms with Gasteiger partial charge in [-0.05, 0) is 50.3 Å². The lowest BCUT2D eigenvalue weighted by Crippen LogP contribution is -2.51. The molecule has 1 atom stereocenters. The highest BCUT2D eigenvalue weighted by Gasteiger charge is 2.43. The van der Waals surface area contributed by atoms with Crippen molar-refractivity contribution in [3.05, 3.63) is 0 Å². The quantitative estimate of drug-likeness (QED) is 0.719. The molecular weight excluding hydrogens is 218 g/mol. The van der Waals surface area contributed by atoms with E-state index in [1.54, 1.807) is 0 Å². The molecule has 2 saturated carbocycles. The number of rotatable bonds is 7. The molecule has 0 aliphatic heterocycles. The van der Waals surface area contributed by atoms with Crippen LogP contribution in [0.15, 0.2) is 0 Å². The van der Waals surface area contributed by atoms with Crippen molar-refractivity contribution < 1.29 is 5.11 Å². The van der Waals surface area contributed by atoms with Crippen molar-refractivity contribution in [3.63, 3.8) is 0 Å². The third kappa shape index (κ3) is 2.93. The van der Waals surface area contributed by atoms with Crippen molar-refractivity contribution in [3.8, 4) is 0 Å². The van der Waals surface area contributed by atoms with Crippen LogP contribution in [0.2, 0.25) is 0 Å². The van der Waals surface area contributed by atoms with Crippen molar-refractivity contribution in [2.75, 3.05) is 25.2 Å². The molecule has 0 heterocycles. The number of nitrogens with one attached hydrogen (secondary N) is 1. The monoisotopic (exact) mass is 243 g/mol. The van der Waals surface area contributed by atoms with E-state index in [9.17, 15) is 5.11 Å². The van der Waals surface area contributed by atoms with Crippen molar-refractivity contribution in [1.29, 1.82) is 0 Å². The van der Waals surface area contributed by atoms with Crippen molar-refractivity contribution in [2.45, 2.75) is 44.1 Å². The standard InChI is InChI=1S/C13H25NOS/c1-14-13(9-15,12-6-7-12)10-16-8-11-4-2-3-5-11/h11-12,14-15H,2-10H2,1H3. The van der Waals surface area contributed by atoms with Gasteiger partial charge in [-0.25, -0.2) is 0 Å². The molecule has 2 aliphatic rings. The molecule has 0 radical (unpaired) electrons. The summed E-state index contributed by atoms with van der Waals surface area (Å²) in [6.07, 6.45) is 8.33. The van der Waals surface area contributed by atoms with Crippen LogP contribution in [-0.4, -0.2) is 35.8 Å². The van der Waals surface area contributed by atoms with Crippen LogP contribution in [-0.2, 0) is 0 Å². The molecule has 2 fully saturated rings. The Morgan fingerprint density at radius 3 is 2.44 bits per heavy atom. The Bertz CT molecular complexity index is 208. The number of aliphatic hydroxyl groups is 1. The van der Waals surface area contributed by atoms with Gasteiger partial charge in [0.2, 0.25) is 0 Å². The van der Waals surface area contributed by atoms with E-state index in [1.807, 2.05) is 7.05 Å². The molecule has 94 valence electrons. The van der Waals surface area contributed by atoms with Gasteiger partial charge in [-0.3, -0.25) is 0 Å². The minimum Gasteiger partial charge on any atom is -0.394 e. The Hall–Kier alpha value is 0.270. The van der Waals surface area contributed by atoms with E-state index in [-0.39, 0.29) is 5.54 Å². The molecule has 0 aromatic rings. The SMILES string of the molecule is CNC(CO)(CSCC1CCCC1)C1CC1. The summed E-state index contributed by atoms with van der Waals surface area (Å²) in [5, 5.41) is 13.0. The fraction of sp³-hybridized carbons (Fsp3) is 1.00. The first kappa shape index (κ1) is 12.7. The topological polar surface area (TPSA) is 32.3 Å². The highest BCUT2D eigenvalue weighted by molar-refractivity contribution is 7.99. The number of hydrogen-bond donors (Lipinski definition) is 2. The average Bonchev–Trinajstić information content (AvgIpc) is 3.04. The van der Waals surface area contributed by atoms with Crippen LogP contribution in [0.25, 0.3) is 0 Å². The highest BCUT2D eigenvalue weighted by atomic mass is 32.2. The Labute approximate surface area is 104 Å². The van der Waals surface area contributed by atoms with Crippen molar-refractivity contribution >= 4 is 11.8 Å². The Kier molecular flexibility index (Phi) is 4.57. The summed E-state index contributed by atoms with van der Waals surface area (Å²) >= 11 is 2.05.